The summed E-state index contributed by atoms with van der Waals surface area (Å²) in [5.74, 6) is 0. The highest BCUT2D eigenvalue weighted by atomic mass is 35.5. The van der Waals surface area contributed by atoms with Crippen molar-refractivity contribution in [1.29, 1.82) is 0 Å². The van der Waals surface area contributed by atoms with Gasteiger partial charge in [-0.1, -0.05) is 24.6 Å². The molecule has 0 radical (unpaired) electrons. The molecule has 0 aliphatic carbocycles. The van der Waals surface area contributed by atoms with Crippen molar-refractivity contribution in [2.24, 2.45) is 0 Å². The standard InChI is InChI=1S/C15H19ClF3NO/c1-2-11-3-4-13(15(17,18)19)14(16)12(11)5-6-20-7-9-21-10-8-20/h3-4H,2,5-10H2,1H3. The fourth-order valence-corrected chi connectivity index (χ4v) is 2.96. The molecule has 1 aliphatic rings. The molecule has 1 fully saturated rings. The van der Waals surface area contributed by atoms with Crippen molar-refractivity contribution in [3.05, 3.63) is 33.8 Å². The minimum Gasteiger partial charge on any atom is -0.379 e. The van der Waals surface area contributed by atoms with E-state index in [1.54, 1.807) is 6.07 Å². The molecule has 2 nitrogen and oxygen atoms in total. The van der Waals surface area contributed by atoms with Gasteiger partial charge in [0.15, 0.2) is 0 Å². The van der Waals surface area contributed by atoms with Crippen LogP contribution < -0.4 is 0 Å². The number of nitrogens with zero attached hydrogens (tertiary/aromatic N) is 1. The normalized spacial score (nSPS) is 17.2. The second kappa shape index (κ2) is 6.99. The maximum atomic E-state index is 12.9. The molecule has 0 N–H and O–H groups in total. The smallest absolute Gasteiger partial charge is 0.379 e. The van der Waals surface area contributed by atoms with Gasteiger partial charge in [-0.15, -0.1) is 0 Å². The fourth-order valence-electron chi connectivity index (χ4n) is 2.58. The average molecular weight is 322 g/mol. The molecule has 2 rings (SSSR count). The number of ether oxygens (including phenoxy) is 1. The summed E-state index contributed by atoms with van der Waals surface area (Å²) in [6.45, 7) is 5.62. The Kier molecular flexibility index (Phi) is 5.52. The third-order valence-electron chi connectivity index (χ3n) is 3.81. The molecule has 1 aliphatic heterocycles. The lowest BCUT2D eigenvalue weighted by molar-refractivity contribution is -0.137. The van der Waals surface area contributed by atoms with Crippen LogP contribution in [0.4, 0.5) is 13.2 Å². The molecule has 21 heavy (non-hydrogen) atoms. The van der Waals surface area contributed by atoms with E-state index in [4.69, 9.17) is 16.3 Å². The summed E-state index contributed by atoms with van der Waals surface area (Å²) in [7, 11) is 0. The van der Waals surface area contributed by atoms with E-state index >= 15 is 0 Å². The highest BCUT2D eigenvalue weighted by Gasteiger charge is 2.34. The summed E-state index contributed by atoms with van der Waals surface area (Å²) in [6.07, 6.45) is -3.20. The number of hydrogen-bond acceptors (Lipinski definition) is 2. The predicted octanol–water partition coefficient (Wildman–Crippen LogP) is 3.80. The largest absolute Gasteiger partial charge is 0.417 e. The van der Waals surface area contributed by atoms with Crippen molar-refractivity contribution in [2.75, 3.05) is 32.8 Å². The minimum atomic E-state index is -4.41. The molecule has 0 spiro atoms. The maximum absolute atomic E-state index is 12.9. The molecule has 118 valence electrons. The van der Waals surface area contributed by atoms with Crippen LogP contribution in [0.15, 0.2) is 12.1 Å². The molecular formula is C15H19ClF3NO. The second-order valence-electron chi connectivity index (χ2n) is 5.12. The molecule has 1 saturated heterocycles. The number of morpholine rings is 1. The zero-order valence-corrected chi connectivity index (χ0v) is 12.7. The van der Waals surface area contributed by atoms with Crippen molar-refractivity contribution >= 4 is 11.6 Å². The number of halogens is 4. The Morgan fingerprint density at radius 2 is 1.90 bits per heavy atom. The van der Waals surface area contributed by atoms with E-state index < -0.39 is 11.7 Å². The average Bonchev–Trinajstić information content (AvgIpc) is 2.45. The summed E-state index contributed by atoms with van der Waals surface area (Å²) >= 11 is 6.03. The van der Waals surface area contributed by atoms with Crippen molar-refractivity contribution in [3.8, 4) is 0 Å². The van der Waals surface area contributed by atoms with E-state index in [-0.39, 0.29) is 5.02 Å². The Balaban J connectivity index is 2.19. The van der Waals surface area contributed by atoms with Gasteiger partial charge in [-0.3, -0.25) is 4.90 Å². The van der Waals surface area contributed by atoms with Gasteiger partial charge in [0, 0.05) is 19.6 Å². The summed E-state index contributed by atoms with van der Waals surface area (Å²) < 4.78 is 44.1. The first-order chi connectivity index (χ1) is 9.93. The Labute approximate surface area is 127 Å². The molecule has 0 bridgehead atoms. The lowest BCUT2D eigenvalue weighted by Crippen LogP contribution is -2.37. The summed E-state index contributed by atoms with van der Waals surface area (Å²) in [4.78, 5) is 2.19. The predicted molar refractivity (Wildman–Crippen MR) is 76.8 cm³/mol. The first-order valence-corrected chi connectivity index (χ1v) is 7.48. The van der Waals surface area contributed by atoms with E-state index in [2.05, 4.69) is 4.90 Å². The second-order valence-corrected chi connectivity index (χ2v) is 5.50. The molecule has 0 atom stereocenters. The molecular weight excluding hydrogens is 303 g/mol. The van der Waals surface area contributed by atoms with Crippen molar-refractivity contribution < 1.29 is 17.9 Å². The summed E-state index contributed by atoms with van der Waals surface area (Å²) in [5.41, 5.74) is 0.778. The van der Waals surface area contributed by atoms with Gasteiger partial charge in [0.05, 0.1) is 23.8 Å². The Morgan fingerprint density at radius 3 is 2.48 bits per heavy atom. The van der Waals surface area contributed by atoms with Crippen molar-refractivity contribution in [3.63, 3.8) is 0 Å². The van der Waals surface area contributed by atoms with Crippen LogP contribution in [0.3, 0.4) is 0 Å². The van der Waals surface area contributed by atoms with Crippen LogP contribution >= 0.6 is 11.6 Å². The Bertz CT molecular complexity index is 485. The Hall–Kier alpha value is -0.780. The highest BCUT2D eigenvalue weighted by molar-refractivity contribution is 6.32. The van der Waals surface area contributed by atoms with Gasteiger partial charge < -0.3 is 4.74 Å². The summed E-state index contributed by atoms with van der Waals surface area (Å²) in [6, 6.07) is 2.63. The van der Waals surface area contributed by atoms with Gasteiger partial charge in [-0.05, 0) is 30.0 Å². The number of rotatable bonds is 4. The Morgan fingerprint density at radius 1 is 1.24 bits per heavy atom. The van der Waals surface area contributed by atoms with Gasteiger partial charge >= 0.3 is 6.18 Å². The fraction of sp³-hybridized carbons (Fsp3) is 0.600. The van der Waals surface area contributed by atoms with Gasteiger partial charge in [-0.2, -0.15) is 13.2 Å². The number of alkyl halides is 3. The molecule has 6 heteroatoms. The lowest BCUT2D eigenvalue weighted by Gasteiger charge is -2.27. The van der Waals surface area contributed by atoms with E-state index in [0.717, 1.165) is 24.7 Å². The summed E-state index contributed by atoms with van der Waals surface area (Å²) in [5, 5.41) is -0.143. The maximum Gasteiger partial charge on any atom is 0.417 e. The molecule has 1 aromatic rings. The SMILES string of the molecule is CCc1ccc(C(F)(F)F)c(Cl)c1CCN1CCOCC1. The van der Waals surface area contributed by atoms with E-state index in [9.17, 15) is 13.2 Å². The first kappa shape index (κ1) is 16.6. The minimum absolute atomic E-state index is 0.143. The zero-order chi connectivity index (χ0) is 15.5. The van der Waals surface area contributed by atoms with Crippen LogP contribution in [0.1, 0.15) is 23.6 Å². The van der Waals surface area contributed by atoms with Gasteiger partial charge in [-0.25, -0.2) is 0 Å². The van der Waals surface area contributed by atoms with Crippen LogP contribution in [0, 0.1) is 0 Å². The lowest BCUT2D eigenvalue weighted by atomic mass is 9.98. The van der Waals surface area contributed by atoms with Crippen LogP contribution in [0.5, 0.6) is 0 Å². The van der Waals surface area contributed by atoms with E-state index in [1.807, 2.05) is 6.92 Å². The van der Waals surface area contributed by atoms with Gasteiger partial charge in [0.2, 0.25) is 0 Å². The van der Waals surface area contributed by atoms with E-state index in [1.165, 1.54) is 0 Å². The van der Waals surface area contributed by atoms with Crippen molar-refractivity contribution in [1.82, 2.24) is 4.90 Å². The molecule has 1 aromatic carbocycles. The van der Waals surface area contributed by atoms with E-state index in [0.29, 0.717) is 38.2 Å². The molecule has 1 heterocycles. The molecule has 0 aromatic heterocycles. The van der Waals surface area contributed by atoms with Crippen LogP contribution in [0.25, 0.3) is 0 Å². The number of aryl methyl sites for hydroxylation is 1. The molecule has 0 unspecified atom stereocenters. The van der Waals surface area contributed by atoms with Crippen LogP contribution in [-0.4, -0.2) is 37.7 Å². The van der Waals surface area contributed by atoms with Gasteiger partial charge in [0.25, 0.3) is 0 Å². The third-order valence-corrected chi connectivity index (χ3v) is 4.24. The third kappa shape index (κ3) is 4.11. The molecule has 0 saturated carbocycles. The van der Waals surface area contributed by atoms with Crippen LogP contribution in [-0.2, 0) is 23.8 Å². The quantitative estimate of drug-likeness (QED) is 0.836. The highest BCUT2D eigenvalue weighted by Crippen LogP contribution is 2.37. The van der Waals surface area contributed by atoms with Crippen LogP contribution in [0.2, 0.25) is 5.02 Å². The number of hydrogen-bond donors (Lipinski definition) is 0. The van der Waals surface area contributed by atoms with Gasteiger partial charge in [0.1, 0.15) is 0 Å². The first-order valence-electron chi connectivity index (χ1n) is 7.11. The molecule has 0 amide bonds. The number of benzene rings is 1. The monoisotopic (exact) mass is 321 g/mol. The zero-order valence-electron chi connectivity index (χ0n) is 12.0. The topological polar surface area (TPSA) is 12.5 Å². The van der Waals surface area contributed by atoms with Crippen molar-refractivity contribution in [2.45, 2.75) is 25.9 Å².